The van der Waals surface area contributed by atoms with Crippen molar-refractivity contribution in [3.8, 4) is 0 Å². The Kier molecular flexibility index (Phi) is 3.84. The minimum atomic E-state index is 0.0362. The largest absolute Gasteiger partial charge is 0.299 e. The summed E-state index contributed by atoms with van der Waals surface area (Å²) in [5, 5.41) is 0. The highest BCUT2D eigenvalue weighted by Gasteiger charge is 2.43. The van der Waals surface area contributed by atoms with Gasteiger partial charge in [0.05, 0.1) is 0 Å². The van der Waals surface area contributed by atoms with E-state index in [2.05, 4.69) is 19.9 Å². The van der Waals surface area contributed by atoms with E-state index >= 15 is 0 Å². The van der Waals surface area contributed by atoms with Gasteiger partial charge in [-0.1, -0.05) is 32.9 Å². The molecule has 2 unspecified atom stereocenters. The maximum atomic E-state index is 11.7. The Bertz CT molecular complexity index is 348. The van der Waals surface area contributed by atoms with E-state index in [-0.39, 0.29) is 17.3 Å². The fourth-order valence-corrected chi connectivity index (χ4v) is 2.45. The highest BCUT2D eigenvalue weighted by atomic mass is 16.1. The van der Waals surface area contributed by atoms with Gasteiger partial charge < -0.3 is 0 Å². The molecule has 2 nitrogen and oxygen atoms in total. The van der Waals surface area contributed by atoms with Crippen molar-refractivity contribution < 1.29 is 9.59 Å². The van der Waals surface area contributed by atoms with Crippen molar-refractivity contribution in [2.45, 2.75) is 34.1 Å². The molecule has 2 atom stereocenters. The Hall–Kier alpha value is -1.18. The summed E-state index contributed by atoms with van der Waals surface area (Å²) in [6.45, 7) is 8.13. The number of Topliss-reactive ketones (excluding diaryl/α,β-unsaturated/α-hetero) is 1. The van der Waals surface area contributed by atoms with E-state index in [4.69, 9.17) is 0 Å². The molecule has 16 heavy (non-hydrogen) atoms. The van der Waals surface area contributed by atoms with E-state index in [1.165, 1.54) is 6.08 Å². The van der Waals surface area contributed by atoms with E-state index < -0.39 is 0 Å². The highest BCUT2D eigenvalue weighted by Crippen LogP contribution is 2.44. The molecule has 1 aliphatic rings. The number of rotatable bonds is 3. The minimum absolute atomic E-state index is 0.0362. The van der Waals surface area contributed by atoms with Crippen LogP contribution >= 0.6 is 0 Å². The first-order valence-corrected chi connectivity index (χ1v) is 5.71. The van der Waals surface area contributed by atoms with Crippen LogP contribution in [0.15, 0.2) is 23.8 Å². The lowest BCUT2D eigenvalue weighted by molar-refractivity contribution is -0.120. The summed E-state index contributed by atoms with van der Waals surface area (Å²) in [5.74, 6) is 0.710. The summed E-state index contributed by atoms with van der Waals surface area (Å²) >= 11 is 0. The number of carbonyl (C=O) groups is 2. The summed E-state index contributed by atoms with van der Waals surface area (Å²) in [7, 11) is 0. The molecule has 0 aromatic carbocycles. The van der Waals surface area contributed by atoms with Crippen molar-refractivity contribution in [1.82, 2.24) is 0 Å². The van der Waals surface area contributed by atoms with Crippen molar-refractivity contribution >= 4 is 12.1 Å². The molecule has 0 aliphatic heterocycles. The Morgan fingerprint density at radius 3 is 2.50 bits per heavy atom. The molecule has 0 aromatic heterocycles. The third kappa shape index (κ3) is 2.69. The molecule has 0 amide bonds. The summed E-state index contributed by atoms with van der Waals surface area (Å²) in [6.07, 6.45) is 6.99. The number of ketones is 1. The van der Waals surface area contributed by atoms with E-state index in [9.17, 15) is 9.59 Å². The van der Waals surface area contributed by atoms with Crippen LogP contribution in [0.1, 0.15) is 34.1 Å². The average molecular weight is 220 g/mol. The maximum Gasteiger partial charge on any atom is 0.143 e. The zero-order valence-corrected chi connectivity index (χ0v) is 10.5. The monoisotopic (exact) mass is 220 g/mol. The van der Waals surface area contributed by atoms with Gasteiger partial charge in [-0.05, 0) is 29.9 Å². The molecule has 0 spiro atoms. The Balaban J connectivity index is 2.84. The fourth-order valence-electron chi connectivity index (χ4n) is 2.45. The molecule has 88 valence electrons. The summed E-state index contributed by atoms with van der Waals surface area (Å²) < 4.78 is 0. The van der Waals surface area contributed by atoms with E-state index in [1.807, 2.05) is 19.9 Å². The van der Waals surface area contributed by atoms with Crippen LogP contribution in [-0.4, -0.2) is 12.1 Å². The molecule has 0 aromatic rings. The molecule has 0 saturated heterocycles. The molecule has 1 saturated carbocycles. The van der Waals surface area contributed by atoms with Crippen LogP contribution in [0.25, 0.3) is 0 Å². The van der Waals surface area contributed by atoms with Crippen LogP contribution in [0.3, 0.4) is 0 Å². The number of carbonyl (C=O) groups excluding carboxylic acids is 2. The van der Waals surface area contributed by atoms with Gasteiger partial charge in [0.15, 0.2) is 0 Å². The maximum absolute atomic E-state index is 11.7. The number of aldehydes is 1. The topological polar surface area (TPSA) is 34.1 Å². The van der Waals surface area contributed by atoms with Crippen molar-refractivity contribution in [2.75, 3.05) is 0 Å². The molecule has 0 heterocycles. The Morgan fingerprint density at radius 2 is 2.06 bits per heavy atom. The third-order valence-corrected chi connectivity index (χ3v) is 3.48. The molecular formula is C14H20O2. The van der Waals surface area contributed by atoms with Crippen LogP contribution < -0.4 is 0 Å². The number of allylic oxidation sites excluding steroid dienone is 4. The lowest BCUT2D eigenvalue weighted by Crippen LogP contribution is -2.19. The number of hydrogen-bond acceptors (Lipinski definition) is 2. The normalized spacial score (nSPS) is 30.0. The first kappa shape index (κ1) is 12.9. The summed E-state index contributed by atoms with van der Waals surface area (Å²) in [4.78, 5) is 22.0. The van der Waals surface area contributed by atoms with Crippen LogP contribution in [-0.2, 0) is 9.59 Å². The van der Waals surface area contributed by atoms with Gasteiger partial charge in [0.25, 0.3) is 0 Å². The van der Waals surface area contributed by atoms with Gasteiger partial charge in [0.1, 0.15) is 12.1 Å². The van der Waals surface area contributed by atoms with Crippen LogP contribution in [0.2, 0.25) is 0 Å². The van der Waals surface area contributed by atoms with E-state index in [0.29, 0.717) is 12.2 Å². The smallest absolute Gasteiger partial charge is 0.143 e. The predicted molar refractivity (Wildman–Crippen MR) is 65.0 cm³/mol. The summed E-state index contributed by atoms with van der Waals surface area (Å²) in [6, 6.07) is 0. The molecular weight excluding hydrogens is 200 g/mol. The SMILES string of the molecule is CC(/C=C/C1C(C)C(=O)CC1(C)C)=C\C=O. The summed E-state index contributed by atoms with van der Waals surface area (Å²) in [5.41, 5.74) is 0.964. The number of hydrogen-bond donors (Lipinski definition) is 0. The molecule has 1 rings (SSSR count). The lowest BCUT2D eigenvalue weighted by Gasteiger charge is -2.25. The molecule has 0 radical (unpaired) electrons. The van der Waals surface area contributed by atoms with Gasteiger partial charge >= 0.3 is 0 Å². The predicted octanol–water partition coefficient (Wildman–Crippen LogP) is 2.94. The van der Waals surface area contributed by atoms with Crippen molar-refractivity contribution in [2.24, 2.45) is 17.3 Å². The second-order valence-corrected chi connectivity index (χ2v) is 5.35. The van der Waals surface area contributed by atoms with Gasteiger partial charge in [-0.2, -0.15) is 0 Å². The van der Waals surface area contributed by atoms with E-state index in [1.54, 1.807) is 0 Å². The molecule has 0 N–H and O–H groups in total. The van der Waals surface area contributed by atoms with Crippen LogP contribution in [0, 0.1) is 17.3 Å². The fraction of sp³-hybridized carbons (Fsp3) is 0.571. The van der Waals surface area contributed by atoms with Crippen LogP contribution in [0.4, 0.5) is 0 Å². The molecule has 1 fully saturated rings. The first-order chi connectivity index (χ1) is 7.38. The second-order valence-electron chi connectivity index (χ2n) is 5.35. The van der Waals surface area contributed by atoms with Gasteiger partial charge in [-0.25, -0.2) is 0 Å². The zero-order chi connectivity index (χ0) is 12.3. The lowest BCUT2D eigenvalue weighted by atomic mass is 9.79. The van der Waals surface area contributed by atoms with Gasteiger partial charge in [-0.3, -0.25) is 9.59 Å². The average Bonchev–Trinajstić information content (AvgIpc) is 2.34. The molecule has 0 bridgehead atoms. The third-order valence-electron chi connectivity index (χ3n) is 3.48. The molecule has 1 aliphatic carbocycles. The van der Waals surface area contributed by atoms with Crippen LogP contribution in [0.5, 0.6) is 0 Å². The standard InChI is InChI=1S/C14H20O2/c1-10(7-8-15)5-6-12-11(2)13(16)9-14(12,3)4/h5-8,11-12H,9H2,1-4H3/b6-5+,10-7+. The van der Waals surface area contributed by atoms with Crippen molar-refractivity contribution in [3.63, 3.8) is 0 Å². The van der Waals surface area contributed by atoms with Gasteiger partial charge in [0, 0.05) is 12.3 Å². The minimum Gasteiger partial charge on any atom is -0.299 e. The zero-order valence-electron chi connectivity index (χ0n) is 10.5. The Labute approximate surface area is 97.4 Å². The van der Waals surface area contributed by atoms with Crippen molar-refractivity contribution in [1.29, 1.82) is 0 Å². The first-order valence-electron chi connectivity index (χ1n) is 5.71. The van der Waals surface area contributed by atoms with E-state index in [0.717, 1.165) is 11.9 Å². The Morgan fingerprint density at radius 1 is 1.44 bits per heavy atom. The highest BCUT2D eigenvalue weighted by molar-refractivity contribution is 5.84. The molecule has 2 heteroatoms. The van der Waals surface area contributed by atoms with Gasteiger partial charge in [-0.15, -0.1) is 0 Å². The van der Waals surface area contributed by atoms with Gasteiger partial charge in [0.2, 0.25) is 0 Å². The quantitative estimate of drug-likeness (QED) is 0.416. The second kappa shape index (κ2) is 4.77. The van der Waals surface area contributed by atoms with Crippen molar-refractivity contribution in [3.05, 3.63) is 23.8 Å².